The van der Waals surface area contributed by atoms with E-state index in [4.69, 9.17) is 5.73 Å². The topological polar surface area (TPSA) is 51.8 Å². The Morgan fingerprint density at radius 1 is 1.21 bits per heavy atom. The van der Waals surface area contributed by atoms with Crippen molar-refractivity contribution in [3.8, 4) is 0 Å². The molecule has 2 N–H and O–H groups in total. The molecule has 0 fully saturated rings. The zero-order valence-corrected chi connectivity index (χ0v) is 13.0. The predicted molar refractivity (Wildman–Crippen MR) is 80.3 cm³/mol. The zero-order chi connectivity index (χ0) is 13.8. The molecule has 0 aliphatic carbocycles. The quantitative estimate of drug-likeness (QED) is 0.855. The van der Waals surface area contributed by atoms with Gasteiger partial charge in [-0.3, -0.25) is 0 Å². The summed E-state index contributed by atoms with van der Waals surface area (Å²) in [5.74, 6) is -0.245. The summed E-state index contributed by atoms with van der Waals surface area (Å²) in [5, 5.41) is 8.31. The SMILES string of the molecule is CSc1nnc(SC(C)C(N)c2ccc(F)cc2)s1. The van der Waals surface area contributed by atoms with Crippen molar-refractivity contribution in [2.24, 2.45) is 5.73 Å². The van der Waals surface area contributed by atoms with Gasteiger partial charge in [0.15, 0.2) is 8.68 Å². The van der Waals surface area contributed by atoms with Crippen LogP contribution in [0.4, 0.5) is 4.39 Å². The molecule has 3 nitrogen and oxygen atoms in total. The number of halogens is 1. The maximum Gasteiger partial charge on any atom is 0.175 e. The van der Waals surface area contributed by atoms with Gasteiger partial charge in [-0.1, -0.05) is 53.9 Å². The molecule has 2 atom stereocenters. The van der Waals surface area contributed by atoms with E-state index in [1.54, 1.807) is 47.0 Å². The molecule has 1 heterocycles. The Morgan fingerprint density at radius 3 is 2.42 bits per heavy atom. The molecule has 0 saturated carbocycles. The fourth-order valence-corrected chi connectivity index (χ4v) is 4.27. The molecule has 2 rings (SSSR count). The molecule has 0 amide bonds. The van der Waals surface area contributed by atoms with Crippen LogP contribution >= 0.6 is 34.9 Å². The Labute approximate surface area is 124 Å². The molecule has 0 aliphatic rings. The van der Waals surface area contributed by atoms with Crippen molar-refractivity contribution in [2.45, 2.75) is 26.9 Å². The van der Waals surface area contributed by atoms with Crippen molar-refractivity contribution < 1.29 is 4.39 Å². The van der Waals surface area contributed by atoms with Crippen LogP contribution in [-0.2, 0) is 0 Å². The van der Waals surface area contributed by atoms with E-state index in [1.807, 2.05) is 13.2 Å². The van der Waals surface area contributed by atoms with Gasteiger partial charge >= 0.3 is 0 Å². The van der Waals surface area contributed by atoms with Crippen LogP contribution < -0.4 is 5.73 Å². The van der Waals surface area contributed by atoms with Crippen LogP contribution in [0.1, 0.15) is 18.5 Å². The Kier molecular flexibility index (Phi) is 5.20. The first kappa shape index (κ1) is 14.8. The lowest BCUT2D eigenvalue weighted by Gasteiger charge is -2.18. The second-order valence-corrected chi connectivity index (χ2v) is 7.59. The maximum absolute atomic E-state index is 12.9. The van der Waals surface area contributed by atoms with E-state index in [9.17, 15) is 4.39 Å². The molecule has 19 heavy (non-hydrogen) atoms. The van der Waals surface area contributed by atoms with E-state index in [-0.39, 0.29) is 17.1 Å². The monoisotopic (exact) mass is 315 g/mol. The number of benzene rings is 1. The molecule has 1 aromatic carbocycles. The smallest absolute Gasteiger partial charge is 0.175 e. The van der Waals surface area contributed by atoms with E-state index >= 15 is 0 Å². The van der Waals surface area contributed by atoms with Crippen LogP contribution in [0.25, 0.3) is 0 Å². The highest BCUT2D eigenvalue weighted by Crippen LogP contribution is 2.34. The minimum Gasteiger partial charge on any atom is -0.323 e. The van der Waals surface area contributed by atoms with Crippen LogP contribution in [0.3, 0.4) is 0 Å². The van der Waals surface area contributed by atoms with E-state index in [0.29, 0.717) is 0 Å². The summed E-state index contributed by atoms with van der Waals surface area (Å²) in [7, 11) is 0. The van der Waals surface area contributed by atoms with Crippen molar-refractivity contribution in [3.63, 3.8) is 0 Å². The Hall–Kier alpha value is -0.630. The Balaban J connectivity index is 2.02. The normalized spacial score (nSPS) is 14.3. The summed E-state index contributed by atoms with van der Waals surface area (Å²) in [6.07, 6.45) is 1.97. The fourth-order valence-electron chi connectivity index (χ4n) is 1.52. The van der Waals surface area contributed by atoms with E-state index in [0.717, 1.165) is 14.2 Å². The molecule has 0 spiro atoms. The average molecular weight is 315 g/mol. The molecule has 7 heteroatoms. The number of hydrogen-bond acceptors (Lipinski definition) is 6. The number of hydrogen-bond donors (Lipinski definition) is 1. The predicted octanol–water partition coefficient (Wildman–Crippen LogP) is 3.58. The molecule has 0 radical (unpaired) electrons. The highest BCUT2D eigenvalue weighted by atomic mass is 32.2. The number of nitrogens with two attached hydrogens (primary N) is 1. The molecule has 1 aromatic heterocycles. The van der Waals surface area contributed by atoms with E-state index in [1.165, 1.54) is 12.1 Å². The third kappa shape index (κ3) is 3.92. The third-order valence-corrected chi connectivity index (χ3v) is 5.79. The van der Waals surface area contributed by atoms with E-state index < -0.39 is 0 Å². The number of thioether (sulfide) groups is 2. The summed E-state index contributed by atoms with van der Waals surface area (Å²) >= 11 is 4.75. The van der Waals surface area contributed by atoms with Crippen molar-refractivity contribution in [1.29, 1.82) is 0 Å². The summed E-state index contributed by atoms with van der Waals surface area (Å²) in [6.45, 7) is 2.04. The first-order valence-electron chi connectivity index (χ1n) is 5.65. The summed E-state index contributed by atoms with van der Waals surface area (Å²) < 4.78 is 14.7. The molecule has 0 aliphatic heterocycles. The van der Waals surface area contributed by atoms with Gasteiger partial charge in [0.05, 0.1) is 0 Å². The summed E-state index contributed by atoms with van der Waals surface area (Å²) in [6, 6.07) is 6.16. The van der Waals surface area contributed by atoms with Gasteiger partial charge in [-0.25, -0.2) is 4.39 Å². The lowest BCUT2D eigenvalue weighted by atomic mass is 10.1. The highest BCUT2D eigenvalue weighted by Gasteiger charge is 2.18. The van der Waals surface area contributed by atoms with Gasteiger partial charge in [-0.05, 0) is 24.0 Å². The van der Waals surface area contributed by atoms with Gasteiger partial charge in [-0.2, -0.15) is 0 Å². The second-order valence-electron chi connectivity index (χ2n) is 3.94. The van der Waals surface area contributed by atoms with Gasteiger partial charge < -0.3 is 5.73 Å². The van der Waals surface area contributed by atoms with Crippen LogP contribution in [0.2, 0.25) is 0 Å². The van der Waals surface area contributed by atoms with Crippen molar-refractivity contribution in [3.05, 3.63) is 35.6 Å². The Morgan fingerprint density at radius 2 is 1.84 bits per heavy atom. The van der Waals surface area contributed by atoms with Crippen LogP contribution in [-0.4, -0.2) is 21.7 Å². The van der Waals surface area contributed by atoms with Gasteiger partial charge in [0, 0.05) is 11.3 Å². The van der Waals surface area contributed by atoms with Gasteiger partial charge in [0.25, 0.3) is 0 Å². The van der Waals surface area contributed by atoms with Gasteiger partial charge in [0.2, 0.25) is 0 Å². The minimum absolute atomic E-state index is 0.146. The first-order valence-corrected chi connectivity index (χ1v) is 8.57. The molecule has 0 bridgehead atoms. The highest BCUT2D eigenvalue weighted by molar-refractivity contribution is 8.03. The minimum atomic E-state index is -0.245. The summed E-state index contributed by atoms with van der Waals surface area (Å²) in [5.41, 5.74) is 7.11. The van der Waals surface area contributed by atoms with Crippen LogP contribution in [0.15, 0.2) is 32.9 Å². The molecular formula is C12H14FN3S3. The molecular weight excluding hydrogens is 301 g/mol. The maximum atomic E-state index is 12.9. The lowest BCUT2D eigenvalue weighted by Crippen LogP contribution is -2.20. The third-order valence-electron chi connectivity index (χ3n) is 2.61. The molecule has 0 saturated heterocycles. The van der Waals surface area contributed by atoms with Crippen molar-refractivity contribution in [2.75, 3.05) is 6.26 Å². The zero-order valence-electron chi connectivity index (χ0n) is 10.5. The number of aromatic nitrogens is 2. The second kappa shape index (κ2) is 6.69. The van der Waals surface area contributed by atoms with Crippen LogP contribution in [0, 0.1) is 5.82 Å². The lowest BCUT2D eigenvalue weighted by molar-refractivity contribution is 0.624. The largest absolute Gasteiger partial charge is 0.323 e. The molecule has 2 unspecified atom stereocenters. The van der Waals surface area contributed by atoms with Crippen molar-refractivity contribution >= 4 is 34.9 Å². The number of nitrogens with zero attached hydrogens (tertiary/aromatic N) is 2. The van der Waals surface area contributed by atoms with Gasteiger partial charge in [0.1, 0.15) is 5.82 Å². The molecule has 102 valence electrons. The Bertz CT molecular complexity index is 529. The number of rotatable bonds is 5. The van der Waals surface area contributed by atoms with Crippen molar-refractivity contribution in [1.82, 2.24) is 10.2 Å². The molecule has 2 aromatic rings. The average Bonchev–Trinajstić information content (AvgIpc) is 2.86. The van der Waals surface area contributed by atoms with Crippen LogP contribution in [0.5, 0.6) is 0 Å². The van der Waals surface area contributed by atoms with E-state index in [2.05, 4.69) is 10.2 Å². The standard InChI is InChI=1S/C12H14FN3S3/c1-7(18-12-16-15-11(17-2)19-12)10(14)8-3-5-9(13)6-4-8/h3-7,10H,14H2,1-2H3. The first-order chi connectivity index (χ1) is 9.10. The fraction of sp³-hybridized carbons (Fsp3) is 0.333. The van der Waals surface area contributed by atoms with Gasteiger partial charge in [-0.15, -0.1) is 10.2 Å². The summed E-state index contributed by atoms with van der Waals surface area (Å²) in [4.78, 5) is 0.